The zero-order chi connectivity index (χ0) is 17.6. The zero-order valence-corrected chi connectivity index (χ0v) is 16.0. The summed E-state index contributed by atoms with van der Waals surface area (Å²) in [5.41, 5.74) is 3.50. The highest BCUT2D eigenvalue weighted by atomic mass is 79.9. The van der Waals surface area contributed by atoms with E-state index < -0.39 is 0 Å². The maximum absolute atomic E-state index is 4.47. The highest BCUT2D eigenvalue weighted by molar-refractivity contribution is 9.10. The fraction of sp³-hybridized carbons (Fsp3) is 0.200. The van der Waals surface area contributed by atoms with Gasteiger partial charge in [0.05, 0.1) is 0 Å². The molecule has 0 saturated carbocycles. The highest BCUT2D eigenvalue weighted by Crippen LogP contribution is 2.23. The van der Waals surface area contributed by atoms with E-state index in [0.29, 0.717) is 0 Å². The van der Waals surface area contributed by atoms with Crippen molar-refractivity contribution in [3.05, 3.63) is 76.0 Å². The third kappa shape index (κ3) is 5.03. The minimum atomic E-state index is 0.735. The van der Waals surface area contributed by atoms with Gasteiger partial charge in [0.2, 0.25) is 0 Å². The summed E-state index contributed by atoms with van der Waals surface area (Å²) in [4.78, 5) is 8.94. The van der Waals surface area contributed by atoms with E-state index in [-0.39, 0.29) is 0 Å². The minimum Gasteiger partial charge on any atom is -0.370 e. The van der Waals surface area contributed by atoms with Gasteiger partial charge in [0.1, 0.15) is 17.5 Å². The lowest BCUT2D eigenvalue weighted by Crippen LogP contribution is -2.08. The summed E-state index contributed by atoms with van der Waals surface area (Å²) in [6, 6.07) is 18.5. The van der Waals surface area contributed by atoms with Gasteiger partial charge in [-0.1, -0.05) is 52.3 Å². The van der Waals surface area contributed by atoms with Gasteiger partial charge in [0.25, 0.3) is 0 Å². The predicted octanol–water partition coefficient (Wildman–Crippen LogP) is 5.25. The Kier molecular flexibility index (Phi) is 5.66. The molecule has 128 valence electrons. The number of anilines is 3. The van der Waals surface area contributed by atoms with Gasteiger partial charge in [-0.3, -0.25) is 0 Å². The van der Waals surface area contributed by atoms with Crippen LogP contribution in [0.2, 0.25) is 0 Å². The SMILES string of the molecule is Cc1nc(NCCc2ccccc2)cc(Nc2ccc(C)c(Br)c2)n1. The average Bonchev–Trinajstić information content (AvgIpc) is 2.59. The van der Waals surface area contributed by atoms with Crippen LogP contribution in [0.5, 0.6) is 0 Å². The fourth-order valence-electron chi connectivity index (χ4n) is 2.52. The van der Waals surface area contributed by atoms with Crippen molar-refractivity contribution < 1.29 is 0 Å². The molecule has 25 heavy (non-hydrogen) atoms. The number of halogens is 1. The van der Waals surface area contributed by atoms with Crippen molar-refractivity contribution in [3.63, 3.8) is 0 Å². The van der Waals surface area contributed by atoms with Crippen LogP contribution in [0.15, 0.2) is 59.1 Å². The van der Waals surface area contributed by atoms with Crippen LogP contribution in [-0.4, -0.2) is 16.5 Å². The van der Waals surface area contributed by atoms with E-state index in [4.69, 9.17) is 0 Å². The van der Waals surface area contributed by atoms with Crippen LogP contribution >= 0.6 is 15.9 Å². The van der Waals surface area contributed by atoms with Crippen molar-refractivity contribution in [3.8, 4) is 0 Å². The van der Waals surface area contributed by atoms with Crippen LogP contribution in [0.4, 0.5) is 17.3 Å². The van der Waals surface area contributed by atoms with Gasteiger partial charge >= 0.3 is 0 Å². The van der Waals surface area contributed by atoms with E-state index in [9.17, 15) is 0 Å². The van der Waals surface area contributed by atoms with Gasteiger partial charge in [-0.25, -0.2) is 9.97 Å². The van der Waals surface area contributed by atoms with Crippen LogP contribution in [-0.2, 0) is 6.42 Å². The first-order valence-corrected chi connectivity index (χ1v) is 9.06. The summed E-state index contributed by atoms with van der Waals surface area (Å²) in [6.07, 6.45) is 0.956. The van der Waals surface area contributed by atoms with Crippen LogP contribution in [0.1, 0.15) is 17.0 Å². The molecule has 1 aromatic heterocycles. The molecule has 0 unspecified atom stereocenters. The number of aromatic nitrogens is 2. The van der Waals surface area contributed by atoms with Gasteiger partial charge < -0.3 is 10.6 Å². The Morgan fingerprint density at radius 2 is 1.68 bits per heavy atom. The number of nitrogens with one attached hydrogen (secondary N) is 2. The smallest absolute Gasteiger partial charge is 0.136 e. The van der Waals surface area contributed by atoms with Crippen LogP contribution in [0.3, 0.4) is 0 Å². The Hall–Kier alpha value is -2.40. The number of nitrogens with zero attached hydrogens (tertiary/aromatic N) is 2. The van der Waals surface area contributed by atoms with Gasteiger partial charge in [0.15, 0.2) is 0 Å². The van der Waals surface area contributed by atoms with Gasteiger partial charge in [-0.2, -0.15) is 0 Å². The van der Waals surface area contributed by atoms with E-state index in [2.05, 4.69) is 79.9 Å². The zero-order valence-electron chi connectivity index (χ0n) is 14.4. The standard InChI is InChI=1S/C20H21BrN4/c1-14-8-9-17(12-18(14)21)25-20-13-19(23-15(2)24-20)22-11-10-16-6-4-3-5-7-16/h3-9,12-13H,10-11H2,1-2H3,(H2,22,23,24,25). The van der Waals surface area contributed by atoms with E-state index in [1.807, 2.05) is 25.1 Å². The summed E-state index contributed by atoms with van der Waals surface area (Å²) < 4.78 is 1.07. The van der Waals surface area contributed by atoms with Crippen molar-refractivity contribution in [2.45, 2.75) is 20.3 Å². The summed E-state index contributed by atoms with van der Waals surface area (Å²) >= 11 is 3.56. The largest absolute Gasteiger partial charge is 0.370 e. The number of benzene rings is 2. The van der Waals surface area contributed by atoms with E-state index in [1.54, 1.807) is 0 Å². The topological polar surface area (TPSA) is 49.8 Å². The fourth-order valence-corrected chi connectivity index (χ4v) is 2.90. The molecule has 0 aliphatic rings. The van der Waals surface area contributed by atoms with E-state index in [1.165, 1.54) is 11.1 Å². The molecule has 0 fully saturated rings. The molecule has 2 N–H and O–H groups in total. The normalized spacial score (nSPS) is 10.5. The maximum Gasteiger partial charge on any atom is 0.136 e. The first kappa shape index (κ1) is 17.4. The second-order valence-electron chi connectivity index (χ2n) is 5.94. The molecule has 5 heteroatoms. The number of hydrogen-bond acceptors (Lipinski definition) is 4. The second-order valence-corrected chi connectivity index (χ2v) is 6.79. The maximum atomic E-state index is 4.47. The Morgan fingerprint density at radius 3 is 2.44 bits per heavy atom. The Balaban J connectivity index is 1.66. The summed E-state index contributed by atoms with van der Waals surface area (Å²) in [5, 5.41) is 6.72. The molecule has 0 aliphatic carbocycles. The molecule has 0 amide bonds. The first-order valence-electron chi connectivity index (χ1n) is 8.27. The molecule has 0 radical (unpaired) electrons. The number of aryl methyl sites for hydroxylation is 2. The molecule has 3 rings (SSSR count). The quantitative estimate of drug-likeness (QED) is 0.596. The summed E-state index contributed by atoms with van der Waals surface area (Å²) in [5.74, 6) is 2.35. The van der Waals surface area contributed by atoms with Gasteiger partial charge in [0, 0.05) is 22.8 Å². The van der Waals surface area contributed by atoms with Crippen molar-refractivity contribution in [1.29, 1.82) is 0 Å². The highest BCUT2D eigenvalue weighted by Gasteiger charge is 2.04. The lowest BCUT2D eigenvalue weighted by atomic mass is 10.1. The molecule has 0 bridgehead atoms. The Morgan fingerprint density at radius 1 is 0.920 bits per heavy atom. The first-order chi connectivity index (χ1) is 12.1. The lowest BCUT2D eigenvalue weighted by molar-refractivity contribution is 0.983. The molecule has 3 aromatic rings. The summed E-state index contributed by atoms with van der Waals surface area (Å²) in [7, 11) is 0. The molecule has 0 spiro atoms. The molecular formula is C20H21BrN4. The summed E-state index contributed by atoms with van der Waals surface area (Å²) in [6.45, 7) is 4.80. The average molecular weight is 397 g/mol. The van der Waals surface area contributed by atoms with Crippen molar-refractivity contribution in [2.24, 2.45) is 0 Å². The molecule has 0 atom stereocenters. The van der Waals surface area contributed by atoms with Crippen molar-refractivity contribution in [1.82, 2.24) is 9.97 Å². The number of rotatable bonds is 6. The third-order valence-electron chi connectivity index (χ3n) is 3.84. The number of hydrogen-bond donors (Lipinski definition) is 2. The van der Waals surface area contributed by atoms with Gasteiger partial charge in [-0.15, -0.1) is 0 Å². The third-order valence-corrected chi connectivity index (χ3v) is 4.70. The van der Waals surface area contributed by atoms with E-state index in [0.717, 1.165) is 40.6 Å². The Labute approximate surface area is 156 Å². The lowest BCUT2D eigenvalue weighted by Gasteiger charge is -2.11. The molecule has 1 heterocycles. The minimum absolute atomic E-state index is 0.735. The molecule has 4 nitrogen and oxygen atoms in total. The van der Waals surface area contributed by atoms with Crippen LogP contribution in [0, 0.1) is 13.8 Å². The molecular weight excluding hydrogens is 376 g/mol. The van der Waals surface area contributed by atoms with Gasteiger partial charge in [-0.05, 0) is 43.5 Å². The molecule has 0 saturated heterocycles. The second kappa shape index (κ2) is 8.12. The predicted molar refractivity (Wildman–Crippen MR) is 108 cm³/mol. The monoisotopic (exact) mass is 396 g/mol. The van der Waals surface area contributed by atoms with Crippen LogP contribution in [0.25, 0.3) is 0 Å². The van der Waals surface area contributed by atoms with Crippen LogP contribution < -0.4 is 10.6 Å². The molecule has 2 aromatic carbocycles. The van der Waals surface area contributed by atoms with Crippen molar-refractivity contribution >= 4 is 33.3 Å². The molecule has 0 aliphatic heterocycles. The Bertz CT molecular complexity index is 850. The van der Waals surface area contributed by atoms with E-state index >= 15 is 0 Å². The van der Waals surface area contributed by atoms with Crippen molar-refractivity contribution in [2.75, 3.05) is 17.2 Å².